The molecule has 4 amide bonds. The summed E-state index contributed by atoms with van der Waals surface area (Å²) in [5.41, 5.74) is -1.97. The summed E-state index contributed by atoms with van der Waals surface area (Å²) in [5, 5.41) is 8.55. The Balaban J connectivity index is 1.57. The van der Waals surface area contributed by atoms with Crippen LogP contribution >= 0.6 is 0 Å². The van der Waals surface area contributed by atoms with Gasteiger partial charge in [0.15, 0.2) is 15.6 Å². The van der Waals surface area contributed by atoms with Crippen LogP contribution in [0.4, 0.5) is 4.79 Å². The molecule has 4 aliphatic rings. The fraction of sp³-hybridized carbons (Fsp3) is 0.865. The molecule has 1 saturated heterocycles. The van der Waals surface area contributed by atoms with Crippen LogP contribution in [0, 0.1) is 28.6 Å². The molecule has 12 heteroatoms. The lowest BCUT2D eigenvalue weighted by Gasteiger charge is -2.41. The number of urea groups is 1. The fourth-order valence-corrected chi connectivity index (χ4v) is 9.37. The van der Waals surface area contributed by atoms with E-state index in [1.165, 1.54) is 4.90 Å². The van der Waals surface area contributed by atoms with Crippen molar-refractivity contribution in [2.45, 2.75) is 161 Å². The Morgan fingerprint density at radius 1 is 0.980 bits per heavy atom. The molecule has 11 nitrogen and oxygen atoms in total. The topological polar surface area (TPSA) is 159 Å². The second-order valence-corrected chi connectivity index (χ2v) is 20.7. The van der Waals surface area contributed by atoms with Crippen LogP contribution in [0.3, 0.4) is 0 Å². The van der Waals surface area contributed by atoms with Gasteiger partial charge in [0, 0.05) is 26.3 Å². The normalized spacial score (nSPS) is 26.8. The minimum absolute atomic E-state index is 0.0348. The van der Waals surface area contributed by atoms with Gasteiger partial charge in [-0.25, -0.2) is 13.2 Å². The summed E-state index contributed by atoms with van der Waals surface area (Å²) >= 11 is 0. The molecule has 0 aromatic heterocycles. The Kier molecular flexibility index (Phi) is 11.0. The molecular weight excluding hydrogens is 644 g/mol. The van der Waals surface area contributed by atoms with Crippen molar-refractivity contribution >= 4 is 39.2 Å². The molecule has 0 aromatic rings. The maximum absolute atomic E-state index is 14.5. The average molecular weight is 708 g/mol. The smallest absolute Gasteiger partial charge is 0.315 e. The second-order valence-electron chi connectivity index (χ2n) is 17.9. The second kappa shape index (κ2) is 14.3. The first-order chi connectivity index (χ1) is 22.9. The molecular formula is C37H62N4O7S. The van der Waals surface area contributed by atoms with Gasteiger partial charge in [-0.05, 0) is 75.5 Å². The molecule has 1 aliphatic heterocycles. The number of nitrogens with one attached hydrogen (secondary N) is 3. The Bertz CT molecular complexity index is 1460. The lowest BCUT2D eigenvalue weighted by Crippen LogP contribution is -2.63. The number of likely N-dealkylation sites (tertiary alicyclic amines) is 1. The molecule has 4 rings (SSSR count). The van der Waals surface area contributed by atoms with Crippen LogP contribution in [0.15, 0.2) is 0 Å². The number of ketones is 2. The monoisotopic (exact) mass is 707 g/mol. The summed E-state index contributed by atoms with van der Waals surface area (Å²) in [5.74, 6) is -4.87. The first kappa shape index (κ1) is 37.7. The minimum Gasteiger partial charge on any atom is -0.347 e. The number of amides is 4. The van der Waals surface area contributed by atoms with Crippen molar-refractivity contribution in [3.8, 4) is 0 Å². The van der Waals surface area contributed by atoms with Gasteiger partial charge < -0.3 is 20.9 Å². The van der Waals surface area contributed by atoms with E-state index in [1.807, 2.05) is 41.5 Å². The molecule has 0 spiro atoms. The lowest BCUT2D eigenvalue weighted by atomic mass is 9.83. The third-order valence-corrected chi connectivity index (χ3v) is 14.3. The number of carbonyl (C=O) groups excluding carboxylic acids is 5. The maximum Gasteiger partial charge on any atom is 0.315 e. The van der Waals surface area contributed by atoms with Crippen LogP contribution in [-0.4, -0.2) is 83.4 Å². The summed E-state index contributed by atoms with van der Waals surface area (Å²) in [6.45, 7) is 16.7. The largest absolute Gasteiger partial charge is 0.347 e. The van der Waals surface area contributed by atoms with Crippen LogP contribution in [0.1, 0.15) is 134 Å². The van der Waals surface area contributed by atoms with Crippen LogP contribution < -0.4 is 16.0 Å². The van der Waals surface area contributed by atoms with Crippen molar-refractivity contribution in [1.29, 1.82) is 0 Å². The van der Waals surface area contributed by atoms with E-state index in [0.29, 0.717) is 32.2 Å². The van der Waals surface area contributed by atoms with Gasteiger partial charge in [-0.2, -0.15) is 0 Å². The van der Waals surface area contributed by atoms with E-state index in [9.17, 15) is 32.4 Å². The predicted molar refractivity (Wildman–Crippen MR) is 189 cm³/mol. The number of sulfone groups is 1. The number of unbranched alkanes of at least 4 members (excludes halogenated alkanes) is 1. The SMILES string of the molecule is [2H][C@@](CCCC)(CC(=O)[C@@H]1[C@@H]2[C@H](CN1C(=O)[C@@H](NC(=O)NC1(CS(=O)(=O)C(C)(C)C)CCCCC1)C(C)(C)C)C2(C)C)C(=O)C(=O)NC1CC1. The van der Waals surface area contributed by atoms with Gasteiger partial charge in [-0.1, -0.05) is 73.6 Å². The van der Waals surface area contributed by atoms with E-state index < -0.39 is 79.3 Å². The Morgan fingerprint density at radius 2 is 1.59 bits per heavy atom. The zero-order valence-electron chi connectivity index (χ0n) is 32.3. The van der Waals surface area contributed by atoms with E-state index in [1.54, 1.807) is 20.8 Å². The summed E-state index contributed by atoms with van der Waals surface area (Å²) < 4.78 is 34.8. The van der Waals surface area contributed by atoms with E-state index in [-0.39, 0.29) is 35.5 Å². The van der Waals surface area contributed by atoms with Gasteiger partial charge in [0.25, 0.3) is 5.91 Å². The Labute approximate surface area is 295 Å². The van der Waals surface area contributed by atoms with Gasteiger partial charge in [0.1, 0.15) is 6.04 Å². The fourth-order valence-electron chi connectivity index (χ4n) is 7.85. The summed E-state index contributed by atoms with van der Waals surface area (Å²) in [4.78, 5) is 70.3. The number of Topliss-reactive ketones (excluding diaryl/α,β-unsaturated/α-hetero) is 2. The molecule has 0 unspecified atom stereocenters. The molecule has 3 N–H and O–H groups in total. The number of hydrogen-bond donors (Lipinski definition) is 3. The van der Waals surface area contributed by atoms with Gasteiger partial charge in [-0.15, -0.1) is 0 Å². The van der Waals surface area contributed by atoms with Gasteiger partial charge in [0.2, 0.25) is 11.7 Å². The number of fused-ring (bicyclic) bond motifs is 1. The highest BCUT2D eigenvalue weighted by molar-refractivity contribution is 7.92. The third-order valence-electron chi connectivity index (χ3n) is 11.5. The molecule has 4 fully saturated rings. The lowest BCUT2D eigenvalue weighted by molar-refractivity contribution is -0.145. The van der Waals surface area contributed by atoms with Crippen LogP contribution in [0.2, 0.25) is 0 Å². The number of carbonyl (C=O) groups is 5. The molecule has 1 heterocycles. The third kappa shape index (κ3) is 8.87. The first-order valence-electron chi connectivity index (χ1n) is 18.9. The number of nitrogens with zero attached hydrogens (tertiary/aromatic N) is 1. The summed E-state index contributed by atoms with van der Waals surface area (Å²) in [7, 11) is -3.57. The summed E-state index contributed by atoms with van der Waals surface area (Å²) in [6.07, 6.45) is 5.85. The minimum atomic E-state index is -3.57. The standard InChI is InChI=1S/C37H62N4O7S/c1-10-11-15-23(29(43)31(44)38-24-16-17-24)20-26(42)28-27-25(36(27,8)9)21-41(28)32(45)30(34(2,3)4)39-33(46)40-37(18-13-12-14-19-37)22-49(47,48)35(5,6)7/h23-25,27-28,30H,10-22H2,1-9H3,(H,38,44)(H2,39,40,46)/t23-,25+,27+,28-,30-/m1/s1/i23D. The molecule has 5 atom stereocenters. The van der Waals surface area contributed by atoms with Crippen molar-refractivity contribution in [1.82, 2.24) is 20.9 Å². The molecule has 49 heavy (non-hydrogen) atoms. The maximum atomic E-state index is 14.5. The van der Waals surface area contributed by atoms with E-state index >= 15 is 0 Å². The molecule has 0 radical (unpaired) electrons. The highest BCUT2D eigenvalue weighted by Gasteiger charge is 2.69. The molecule has 278 valence electrons. The quantitative estimate of drug-likeness (QED) is 0.221. The Morgan fingerprint density at radius 3 is 2.12 bits per heavy atom. The number of hydrogen-bond acceptors (Lipinski definition) is 7. The zero-order chi connectivity index (χ0) is 37.7. The van der Waals surface area contributed by atoms with Crippen LogP contribution in [-0.2, 0) is 29.0 Å². The van der Waals surface area contributed by atoms with Gasteiger partial charge in [0.05, 0.1) is 22.1 Å². The molecule has 3 saturated carbocycles. The first-order valence-corrected chi connectivity index (χ1v) is 20.0. The number of piperidine rings is 1. The van der Waals surface area contributed by atoms with E-state index in [2.05, 4.69) is 16.0 Å². The summed E-state index contributed by atoms with van der Waals surface area (Å²) in [6, 6.07) is -2.65. The van der Waals surface area contributed by atoms with Crippen LogP contribution in [0.5, 0.6) is 0 Å². The molecule has 3 aliphatic carbocycles. The highest BCUT2D eigenvalue weighted by atomic mass is 32.2. The van der Waals surface area contributed by atoms with Crippen molar-refractivity contribution in [3.63, 3.8) is 0 Å². The predicted octanol–water partition coefficient (Wildman–Crippen LogP) is 4.71. The van der Waals surface area contributed by atoms with Crippen molar-refractivity contribution < 1.29 is 33.8 Å². The van der Waals surface area contributed by atoms with Gasteiger partial charge in [-0.3, -0.25) is 19.2 Å². The van der Waals surface area contributed by atoms with Crippen molar-refractivity contribution in [3.05, 3.63) is 0 Å². The number of rotatable bonds is 14. The molecule has 0 aromatic carbocycles. The van der Waals surface area contributed by atoms with E-state index in [4.69, 9.17) is 1.37 Å². The van der Waals surface area contributed by atoms with Crippen molar-refractivity contribution in [2.75, 3.05) is 12.3 Å². The molecule has 0 bridgehead atoms. The highest BCUT2D eigenvalue weighted by Crippen LogP contribution is 2.65. The van der Waals surface area contributed by atoms with Crippen molar-refractivity contribution in [2.24, 2.45) is 28.6 Å². The van der Waals surface area contributed by atoms with Gasteiger partial charge >= 0.3 is 6.03 Å². The average Bonchev–Trinajstić information content (AvgIpc) is 3.84. The zero-order valence-corrected chi connectivity index (χ0v) is 32.1. The Hall–Kier alpha value is -2.50. The van der Waals surface area contributed by atoms with Crippen LogP contribution in [0.25, 0.3) is 0 Å². The van der Waals surface area contributed by atoms with E-state index in [0.717, 1.165) is 32.1 Å².